The first-order chi connectivity index (χ1) is 15.5. The van der Waals surface area contributed by atoms with E-state index in [2.05, 4.69) is 20.9 Å². The molecule has 0 saturated carbocycles. The average Bonchev–Trinajstić information content (AvgIpc) is 3.25. The molecular formula is C25H33N5O2. The maximum absolute atomic E-state index is 12.4. The van der Waals surface area contributed by atoms with Gasteiger partial charge < -0.3 is 20.9 Å². The Morgan fingerprint density at radius 2 is 1.81 bits per heavy atom. The number of hydrogen-bond acceptors (Lipinski definition) is 3. The molecule has 3 N–H and O–H groups in total. The second kappa shape index (κ2) is 11.3. The van der Waals surface area contributed by atoms with Crippen LogP contribution in [-0.4, -0.2) is 37.4 Å². The van der Waals surface area contributed by atoms with Gasteiger partial charge in [0.05, 0.1) is 0 Å². The number of amides is 2. The van der Waals surface area contributed by atoms with Crippen molar-refractivity contribution in [3.8, 4) is 0 Å². The summed E-state index contributed by atoms with van der Waals surface area (Å²) in [5.41, 5.74) is 3.72. The van der Waals surface area contributed by atoms with Crippen molar-refractivity contribution in [2.45, 2.75) is 52.2 Å². The second-order valence-electron chi connectivity index (χ2n) is 8.08. The van der Waals surface area contributed by atoms with Gasteiger partial charge in [-0.25, -0.2) is 0 Å². The van der Waals surface area contributed by atoms with Crippen molar-refractivity contribution in [3.05, 3.63) is 65.2 Å². The highest BCUT2D eigenvalue weighted by atomic mass is 16.2. The van der Waals surface area contributed by atoms with Crippen LogP contribution in [0.1, 0.15) is 54.6 Å². The number of benzene rings is 2. The number of anilines is 1. The largest absolute Gasteiger partial charge is 0.352 e. The fourth-order valence-electron chi connectivity index (χ4n) is 3.54. The van der Waals surface area contributed by atoms with Crippen LogP contribution < -0.4 is 20.9 Å². The standard InChI is InChI=1S/C25H33N5O2/c1-4-18(2)29-24(32)21-8-5-7-20(15-21)17-28-25(26-3)27-16-19-10-12-22(13-11-19)30-14-6-9-23(30)31/h5,7-8,10-13,15,18H,4,6,9,14,16-17H2,1-3H3,(H,29,32)(H2,26,27,28). The van der Waals surface area contributed by atoms with Crippen LogP contribution in [0.15, 0.2) is 53.5 Å². The topological polar surface area (TPSA) is 85.8 Å². The van der Waals surface area contributed by atoms with Crippen molar-refractivity contribution >= 4 is 23.5 Å². The summed E-state index contributed by atoms with van der Waals surface area (Å²) in [6, 6.07) is 15.8. The van der Waals surface area contributed by atoms with Gasteiger partial charge in [0, 0.05) is 50.4 Å². The molecule has 0 radical (unpaired) electrons. The summed E-state index contributed by atoms with van der Waals surface area (Å²) in [5, 5.41) is 9.59. The van der Waals surface area contributed by atoms with Crippen LogP contribution in [0.3, 0.4) is 0 Å². The first kappa shape index (κ1) is 23.3. The minimum atomic E-state index is -0.0530. The van der Waals surface area contributed by atoms with Crippen molar-refractivity contribution in [2.24, 2.45) is 4.99 Å². The molecule has 1 heterocycles. The summed E-state index contributed by atoms with van der Waals surface area (Å²) in [6.07, 6.45) is 2.46. The minimum Gasteiger partial charge on any atom is -0.352 e. The van der Waals surface area contributed by atoms with Gasteiger partial charge in [0.15, 0.2) is 5.96 Å². The average molecular weight is 436 g/mol. The van der Waals surface area contributed by atoms with Crippen LogP contribution in [-0.2, 0) is 17.9 Å². The fraction of sp³-hybridized carbons (Fsp3) is 0.400. The molecule has 1 atom stereocenters. The Balaban J connectivity index is 1.50. The van der Waals surface area contributed by atoms with E-state index in [0.717, 1.165) is 36.2 Å². The van der Waals surface area contributed by atoms with Crippen LogP contribution in [0.25, 0.3) is 0 Å². The van der Waals surface area contributed by atoms with Crippen LogP contribution in [0.5, 0.6) is 0 Å². The fourth-order valence-corrected chi connectivity index (χ4v) is 3.54. The monoisotopic (exact) mass is 435 g/mol. The maximum atomic E-state index is 12.4. The van der Waals surface area contributed by atoms with Gasteiger partial charge in [-0.2, -0.15) is 0 Å². The van der Waals surface area contributed by atoms with Gasteiger partial charge in [-0.05, 0) is 55.2 Å². The number of aliphatic imine (C=N–C) groups is 1. The van der Waals surface area contributed by atoms with Crippen molar-refractivity contribution in [1.29, 1.82) is 0 Å². The van der Waals surface area contributed by atoms with Gasteiger partial charge in [0.2, 0.25) is 5.91 Å². The van der Waals surface area contributed by atoms with Crippen LogP contribution in [0.4, 0.5) is 5.69 Å². The predicted molar refractivity (Wildman–Crippen MR) is 129 cm³/mol. The Morgan fingerprint density at radius 1 is 1.09 bits per heavy atom. The molecular weight excluding hydrogens is 402 g/mol. The third-order valence-corrected chi connectivity index (χ3v) is 5.64. The van der Waals surface area contributed by atoms with E-state index in [1.165, 1.54) is 0 Å². The van der Waals surface area contributed by atoms with E-state index < -0.39 is 0 Å². The molecule has 32 heavy (non-hydrogen) atoms. The van der Waals surface area contributed by atoms with E-state index in [4.69, 9.17) is 0 Å². The lowest BCUT2D eigenvalue weighted by Crippen LogP contribution is -2.36. The van der Waals surface area contributed by atoms with Crippen molar-refractivity contribution < 1.29 is 9.59 Å². The predicted octanol–water partition coefficient (Wildman–Crippen LogP) is 3.21. The summed E-state index contributed by atoms with van der Waals surface area (Å²) in [7, 11) is 1.73. The number of nitrogens with one attached hydrogen (secondary N) is 3. The first-order valence-electron chi connectivity index (χ1n) is 11.2. The van der Waals surface area contributed by atoms with E-state index in [9.17, 15) is 9.59 Å². The Kier molecular flexibility index (Phi) is 8.25. The zero-order valence-electron chi connectivity index (χ0n) is 19.1. The molecule has 1 aliphatic rings. The third kappa shape index (κ3) is 6.33. The summed E-state index contributed by atoms with van der Waals surface area (Å²) in [4.78, 5) is 30.4. The number of guanidine groups is 1. The van der Waals surface area contributed by atoms with Gasteiger partial charge in [-0.1, -0.05) is 31.2 Å². The molecule has 2 aromatic rings. The Hall–Kier alpha value is -3.35. The minimum absolute atomic E-state index is 0.0530. The molecule has 1 saturated heterocycles. The third-order valence-electron chi connectivity index (χ3n) is 5.64. The number of carbonyl (C=O) groups excluding carboxylic acids is 2. The first-order valence-corrected chi connectivity index (χ1v) is 11.2. The van der Waals surface area contributed by atoms with Gasteiger partial charge in [0.25, 0.3) is 5.91 Å². The lowest BCUT2D eigenvalue weighted by atomic mass is 10.1. The lowest BCUT2D eigenvalue weighted by Gasteiger charge is -2.16. The Bertz CT molecular complexity index is 955. The quantitative estimate of drug-likeness (QED) is 0.439. The zero-order valence-corrected chi connectivity index (χ0v) is 19.1. The second-order valence-corrected chi connectivity index (χ2v) is 8.08. The molecule has 1 unspecified atom stereocenters. The van der Waals surface area contributed by atoms with Crippen LogP contribution in [0.2, 0.25) is 0 Å². The van der Waals surface area contributed by atoms with E-state index >= 15 is 0 Å². The molecule has 3 rings (SSSR count). The molecule has 2 amide bonds. The molecule has 7 heteroatoms. The zero-order chi connectivity index (χ0) is 22.9. The van der Waals surface area contributed by atoms with Crippen LogP contribution >= 0.6 is 0 Å². The lowest BCUT2D eigenvalue weighted by molar-refractivity contribution is -0.117. The molecule has 1 fully saturated rings. The summed E-state index contributed by atoms with van der Waals surface area (Å²) in [6.45, 7) is 6.02. The number of hydrogen-bond donors (Lipinski definition) is 3. The number of carbonyl (C=O) groups is 2. The SMILES string of the molecule is CCC(C)NC(=O)c1cccc(CNC(=NC)NCc2ccc(N3CCCC3=O)cc2)c1. The number of nitrogens with zero attached hydrogens (tertiary/aromatic N) is 2. The van der Waals surface area contributed by atoms with Gasteiger partial charge in [-0.15, -0.1) is 0 Å². The van der Waals surface area contributed by atoms with Crippen molar-refractivity contribution in [3.63, 3.8) is 0 Å². The Morgan fingerprint density at radius 3 is 2.44 bits per heavy atom. The summed E-state index contributed by atoms with van der Waals surface area (Å²) < 4.78 is 0. The highest BCUT2D eigenvalue weighted by Crippen LogP contribution is 2.21. The van der Waals surface area contributed by atoms with E-state index in [0.29, 0.717) is 31.0 Å². The van der Waals surface area contributed by atoms with Crippen molar-refractivity contribution in [2.75, 3.05) is 18.5 Å². The molecule has 0 aliphatic carbocycles. The number of rotatable bonds is 8. The molecule has 0 spiro atoms. The smallest absolute Gasteiger partial charge is 0.251 e. The summed E-state index contributed by atoms with van der Waals surface area (Å²) in [5.74, 6) is 0.822. The molecule has 1 aliphatic heterocycles. The molecule has 0 aromatic heterocycles. The Labute approximate surface area is 190 Å². The molecule has 0 bridgehead atoms. The molecule has 2 aromatic carbocycles. The van der Waals surface area contributed by atoms with Gasteiger partial charge in [-0.3, -0.25) is 14.6 Å². The van der Waals surface area contributed by atoms with Crippen molar-refractivity contribution in [1.82, 2.24) is 16.0 Å². The van der Waals surface area contributed by atoms with Crippen LogP contribution in [0, 0.1) is 0 Å². The van der Waals surface area contributed by atoms with Gasteiger partial charge >= 0.3 is 0 Å². The normalized spacial score (nSPS) is 14.9. The molecule has 170 valence electrons. The van der Waals surface area contributed by atoms with Gasteiger partial charge in [0.1, 0.15) is 0 Å². The summed E-state index contributed by atoms with van der Waals surface area (Å²) >= 11 is 0. The molecule has 7 nitrogen and oxygen atoms in total. The highest BCUT2D eigenvalue weighted by Gasteiger charge is 2.21. The highest BCUT2D eigenvalue weighted by molar-refractivity contribution is 5.95. The van der Waals surface area contributed by atoms with E-state index in [-0.39, 0.29) is 17.9 Å². The van der Waals surface area contributed by atoms with E-state index in [1.54, 1.807) is 7.05 Å². The van der Waals surface area contributed by atoms with E-state index in [1.807, 2.05) is 67.3 Å². The maximum Gasteiger partial charge on any atom is 0.251 e.